The van der Waals surface area contributed by atoms with Gasteiger partial charge in [0.1, 0.15) is 0 Å². The maximum absolute atomic E-state index is 11.3. The van der Waals surface area contributed by atoms with E-state index in [1.807, 2.05) is 13.0 Å². The van der Waals surface area contributed by atoms with Gasteiger partial charge in [0.25, 0.3) is 0 Å². The molecule has 24 heavy (non-hydrogen) atoms. The van der Waals surface area contributed by atoms with Crippen LogP contribution in [0.25, 0.3) is 11.4 Å². The molecule has 2 aromatic heterocycles. The molecular weight excluding hydrogens is 354 g/mol. The van der Waals surface area contributed by atoms with Crippen molar-refractivity contribution >= 4 is 15.2 Å². The van der Waals surface area contributed by atoms with Crippen molar-refractivity contribution < 1.29 is 28.7 Å². The quantitative estimate of drug-likeness (QED) is 0.564. The van der Waals surface area contributed by atoms with Crippen molar-refractivity contribution in [2.45, 2.75) is 12.8 Å². The Hall–Kier alpha value is -1.40. The normalized spacial score (nSPS) is 12.6. The van der Waals surface area contributed by atoms with Gasteiger partial charge in [-0.25, -0.2) is 0 Å². The molecule has 0 spiro atoms. The van der Waals surface area contributed by atoms with E-state index >= 15 is 0 Å². The zero-order chi connectivity index (χ0) is 18.0. The van der Waals surface area contributed by atoms with Gasteiger partial charge in [0.15, 0.2) is 0 Å². The predicted molar refractivity (Wildman–Crippen MR) is 88.8 cm³/mol. The lowest BCUT2D eigenvalue weighted by atomic mass is 10.0. The molecule has 0 amide bonds. The fraction of sp³-hybridized carbons (Fsp3) is 0.286. The van der Waals surface area contributed by atoms with Crippen molar-refractivity contribution in [1.82, 2.24) is 9.97 Å². The summed E-state index contributed by atoms with van der Waals surface area (Å²) in [6.45, 7) is 1.89. The summed E-state index contributed by atoms with van der Waals surface area (Å²) in [5, 5.41) is 0. The first-order chi connectivity index (χ1) is 11.0. The van der Waals surface area contributed by atoms with Crippen LogP contribution in [0.4, 0.5) is 0 Å². The van der Waals surface area contributed by atoms with Gasteiger partial charge in [-0.1, -0.05) is 0 Å². The van der Waals surface area contributed by atoms with Crippen LogP contribution in [-0.2, 0) is 9.13 Å². The third kappa shape index (κ3) is 5.91. The van der Waals surface area contributed by atoms with Crippen molar-refractivity contribution in [3.8, 4) is 11.4 Å². The van der Waals surface area contributed by atoms with Crippen LogP contribution in [0.1, 0.15) is 17.0 Å². The smallest absolute Gasteiger partial charge is 0.324 e. The van der Waals surface area contributed by atoms with E-state index in [0.717, 1.165) is 5.56 Å². The highest BCUT2D eigenvalue weighted by Crippen LogP contribution is 2.47. The van der Waals surface area contributed by atoms with Crippen LogP contribution < -0.4 is 0 Å². The lowest BCUT2D eigenvalue weighted by Gasteiger charge is -2.19. The summed E-state index contributed by atoms with van der Waals surface area (Å²) in [5.74, 6) is -0.988. The second-order valence-corrected chi connectivity index (χ2v) is 8.97. The van der Waals surface area contributed by atoms with E-state index in [1.165, 1.54) is 12.3 Å². The van der Waals surface area contributed by atoms with Gasteiger partial charge in [-0.2, -0.15) is 0 Å². The molecule has 8 nitrogen and oxygen atoms in total. The summed E-state index contributed by atoms with van der Waals surface area (Å²) in [7, 11) is -8.90. The minimum atomic E-state index is -4.45. The van der Waals surface area contributed by atoms with Gasteiger partial charge in [-0.3, -0.25) is 19.1 Å². The van der Waals surface area contributed by atoms with E-state index < -0.39 is 33.4 Å². The average molecular weight is 372 g/mol. The zero-order valence-electron chi connectivity index (χ0n) is 12.8. The molecule has 0 aliphatic carbocycles. The lowest BCUT2D eigenvalue weighted by Crippen LogP contribution is -2.11. The maximum atomic E-state index is 11.3. The first-order valence-corrected chi connectivity index (χ1v) is 10.6. The zero-order valence-corrected chi connectivity index (χ0v) is 14.6. The Kier molecular flexibility index (Phi) is 5.71. The molecule has 0 fully saturated rings. The Morgan fingerprint density at radius 3 is 1.92 bits per heavy atom. The maximum Gasteiger partial charge on any atom is 0.326 e. The second-order valence-electron chi connectivity index (χ2n) is 5.58. The van der Waals surface area contributed by atoms with Gasteiger partial charge in [-0.15, -0.1) is 0 Å². The third-order valence-corrected chi connectivity index (χ3v) is 5.18. The van der Waals surface area contributed by atoms with Crippen LogP contribution in [0.2, 0.25) is 0 Å². The van der Waals surface area contributed by atoms with Crippen molar-refractivity contribution in [2.75, 3.05) is 12.3 Å². The molecular formula is C14H18N2O6P2. The van der Waals surface area contributed by atoms with Crippen LogP contribution in [-0.4, -0.2) is 41.9 Å². The molecule has 2 rings (SSSR count). The molecule has 0 radical (unpaired) electrons. The monoisotopic (exact) mass is 372 g/mol. The Morgan fingerprint density at radius 2 is 1.42 bits per heavy atom. The predicted octanol–water partition coefficient (Wildman–Crippen LogP) is 1.89. The molecule has 130 valence electrons. The third-order valence-electron chi connectivity index (χ3n) is 3.35. The molecule has 10 heteroatoms. The topological polar surface area (TPSA) is 141 Å². The highest BCUT2D eigenvalue weighted by Gasteiger charge is 2.29. The number of aryl methyl sites for hydroxylation is 1. The van der Waals surface area contributed by atoms with Gasteiger partial charge in [0, 0.05) is 18.3 Å². The van der Waals surface area contributed by atoms with Gasteiger partial charge < -0.3 is 19.6 Å². The summed E-state index contributed by atoms with van der Waals surface area (Å²) in [5.41, 5.74) is 2.41. The summed E-state index contributed by atoms with van der Waals surface area (Å²) < 4.78 is 22.6. The first-order valence-electron chi connectivity index (χ1n) is 7.02. The van der Waals surface area contributed by atoms with E-state index in [-0.39, 0.29) is 0 Å². The first kappa shape index (κ1) is 18.9. The van der Waals surface area contributed by atoms with E-state index in [9.17, 15) is 28.7 Å². The highest BCUT2D eigenvalue weighted by atomic mass is 31.2. The standard InChI is InChI=1S/C14H18N2O6P2/c1-10-2-4-15-13(6-10)14-7-11(3-5-16-14)12(8-23(17,18)19)9-24(20,21)22/h2-7,12H,8-9H2,1H3,(H2,17,18,19)(H2,20,21,22). The number of pyridine rings is 2. The molecule has 0 saturated carbocycles. The van der Waals surface area contributed by atoms with Crippen molar-refractivity contribution in [1.29, 1.82) is 0 Å². The molecule has 0 aliphatic rings. The van der Waals surface area contributed by atoms with Gasteiger partial charge in [0.05, 0.1) is 23.7 Å². The van der Waals surface area contributed by atoms with Gasteiger partial charge in [0.2, 0.25) is 0 Å². The average Bonchev–Trinajstić information content (AvgIpc) is 2.44. The molecule has 0 aromatic carbocycles. The molecule has 4 N–H and O–H groups in total. The van der Waals surface area contributed by atoms with Crippen LogP contribution in [0.3, 0.4) is 0 Å². The van der Waals surface area contributed by atoms with Gasteiger partial charge >= 0.3 is 15.2 Å². The Bertz CT molecular complexity index is 792. The molecule has 0 unspecified atom stereocenters. The molecule has 0 aliphatic heterocycles. The largest absolute Gasteiger partial charge is 0.326 e. The van der Waals surface area contributed by atoms with Crippen molar-refractivity contribution in [3.05, 3.63) is 47.8 Å². The van der Waals surface area contributed by atoms with Gasteiger partial charge in [-0.05, 0) is 42.3 Å². The van der Waals surface area contributed by atoms with Crippen molar-refractivity contribution in [3.63, 3.8) is 0 Å². The van der Waals surface area contributed by atoms with Crippen LogP contribution in [0, 0.1) is 6.92 Å². The number of rotatable bonds is 6. The second kappa shape index (κ2) is 7.23. The number of hydrogen-bond acceptors (Lipinski definition) is 4. The SMILES string of the molecule is Cc1ccnc(-c2cc(C(CP(=O)(O)O)CP(=O)(O)O)ccn2)c1. The molecule has 0 saturated heterocycles. The molecule has 2 aromatic rings. The van der Waals surface area contributed by atoms with Crippen LogP contribution in [0.15, 0.2) is 36.7 Å². The summed E-state index contributed by atoms with van der Waals surface area (Å²) in [6, 6.07) is 6.66. The fourth-order valence-corrected chi connectivity index (χ4v) is 4.39. The van der Waals surface area contributed by atoms with E-state index in [2.05, 4.69) is 9.97 Å². The van der Waals surface area contributed by atoms with Crippen LogP contribution in [0.5, 0.6) is 0 Å². The fourth-order valence-electron chi connectivity index (χ4n) is 2.36. The Morgan fingerprint density at radius 1 is 0.917 bits per heavy atom. The molecule has 0 bridgehead atoms. The highest BCUT2D eigenvalue weighted by molar-refractivity contribution is 7.53. The lowest BCUT2D eigenvalue weighted by molar-refractivity contribution is 0.361. The minimum Gasteiger partial charge on any atom is -0.324 e. The van der Waals surface area contributed by atoms with Crippen molar-refractivity contribution in [2.24, 2.45) is 0 Å². The van der Waals surface area contributed by atoms with E-state index in [4.69, 9.17) is 0 Å². The summed E-state index contributed by atoms with van der Waals surface area (Å²) >= 11 is 0. The van der Waals surface area contributed by atoms with E-state index in [0.29, 0.717) is 17.0 Å². The Balaban J connectivity index is 2.41. The number of hydrogen-bond donors (Lipinski definition) is 4. The summed E-state index contributed by atoms with van der Waals surface area (Å²) in [6.07, 6.45) is 1.74. The minimum absolute atomic E-state index is 0.398. The summed E-state index contributed by atoms with van der Waals surface area (Å²) in [4.78, 5) is 45.2. The van der Waals surface area contributed by atoms with Crippen LogP contribution >= 0.6 is 15.2 Å². The number of nitrogens with zero attached hydrogens (tertiary/aromatic N) is 2. The molecule has 0 atom stereocenters. The number of aromatic nitrogens is 2. The molecule has 2 heterocycles. The van der Waals surface area contributed by atoms with E-state index in [1.54, 1.807) is 18.3 Å². The Labute approximate surface area is 138 Å².